The number of ether oxygens (including phenoxy) is 2. The van der Waals surface area contributed by atoms with Crippen molar-refractivity contribution in [2.24, 2.45) is 13.0 Å². The predicted molar refractivity (Wildman–Crippen MR) is 100 cm³/mol. The molecule has 0 saturated carbocycles. The number of fused-ring (bicyclic) bond motifs is 1. The predicted octanol–water partition coefficient (Wildman–Crippen LogP) is 2.15. The summed E-state index contributed by atoms with van der Waals surface area (Å²) in [6, 6.07) is 6.32. The quantitative estimate of drug-likeness (QED) is 0.793. The molecule has 3 heterocycles. The highest BCUT2D eigenvalue weighted by atomic mass is 16.7. The van der Waals surface area contributed by atoms with Gasteiger partial charge in [-0.1, -0.05) is 13.0 Å². The molecule has 1 saturated heterocycles. The summed E-state index contributed by atoms with van der Waals surface area (Å²) in [6.07, 6.45) is 4.97. The molecule has 0 spiro atoms. The third-order valence-corrected chi connectivity index (χ3v) is 5.34. The van der Waals surface area contributed by atoms with Gasteiger partial charge < -0.3 is 18.9 Å². The Kier molecular flexibility index (Phi) is 5.13. The fourth-order valence-electron chi connectivity index (χ4n) is 3.85. The van der Waals surface area contributed by atoms with Crippen LogP contribution in [0.3, 0.4) is 0 Å². The van der Waals surface area contributed by atoms with E-state index in [0.717, 1.165) is 63.0 Å². The molecule has 0 radical (unpaired) electrons. The molecule has 0 bridgehead atoms. The molecule has 0 amide bonds. The Labute approximate surface area is 155 Å². The van der Waals surface area contributed by atoms with E-state index in [1.54, 1.807) is 0 Å². The highest BCUT2D eigenvalue weighted by Crippen LogP contribution is 2.33. The van der Waals surface area contributed by atoms with E-state index in [1.165, 1.54) is 5.56 Å². The third-order valence-electron chi connectivity index (χ3n) is 5.34. The number of rotatable bonds is 6. The Hall–Kier alpha value is -2.05. The van der Waals surface area contributed by atoms with Crippen LogP contribution in [0, 0.1) is 5.92 Å². The molecule has 26 heavy (non-hydrogen) atoms. The molecule has 1 atom stereocenters. The molecule has 2 aliphatic rings. The van der Waals surface area contributed by atoms with E-state index in [0.29, 0.717) is 12.7 Å². The summed E-state index contributed by atoms with van der Waals surface area (Å²) in [5.41, 5.74) is 1.33. The van der Waals surface area contributed by atoms with E-state index in [4.69, 9.17) is 9.47 Å². The van der Waals surface area contributed by atoms with Crippen molar-refractivity contribution in [1.82, 2.24) is 19.4 Å². The molecule has 1 fully saturated rings. The average molecular weight is 356 g/mol. The summed E-state index contributed by atoms with van der Waals surface area (Å²) in [5, 5.41) is 0. The molecule has 6 nitrogen and oxygen atoms in total. The number of aromatic nitrogens is 2. The lowest BCUT2D eigenvalue weighted by molar-refractivity contribution is 0.112. The number of aryl methyl sites for hydroxylation is 1. The molecule has 1 aromatic heterocycles. The maximum absolute atomic E-state index is 5.49. The fraction of sp³-hybridized carbons (Fsp3) is 0.550. The van der Waals surface area contributed by atoms with Crippen LogP contribution in [0.4, 0.5) is 0 Å². The van der Waals surface area contributed by atoms with Gasteiger partial charge in [0.15, 0.2) is 11.5 Å². The van der Waals surface area contributed by atoms with Crippen LogP contribution >= 0.6 is 0 Å². The minimum Gasteiger partial charge on any atom is -0.454 e. The maximum Gasteiger partial charge on any atom is 0.231 e. The molecule has 0 aliphatic carbocycles. The van der Waals surface area contributed by atoms with Gasteiger partial charge in [-0.2, -0.15) is 0 Å². The lowest BCUT2D eigenvalue weighted by Crippen LogP contribution is -2.47. The zero-order valence-corrected chi connectivity index (χ0v) is 15.7. The summed E-state index contributed by atoms with van der Waals surface area (Å²) >= 11 is 0. The van der Waals surface area contributed by atoms with E-state index in [-0.39, 0.29) is 0 Å². The molecule has 6 heteroatoms. The summed E-state index contributed by atoms with van der Waals surface area (Å²) < 4.78 is 13.0. The first-order valence-electron chi connectivity index (χ1n) is 9.47. The molecule has 2 aromatic rings. The van der Waals surface area contributed by atoms with Gasteiger partial charge in [0.05, 0.1) is 6.54 Å². The number of nitrogens with zero attached hydrogens (tertiary/aromatic N) is 4. The van der Waals surface area contributed by atoms with Crippen molar-refractivity contribution in [3.63, 3.8) is 0 Å². The smallest absolute Gasteiger partial charge is 0.231 e. The summed E-state index contributed by atoms with van der Waals surface area (Å²) in [6.45, 7) is 9.27. The van der Waals surface area contributed by atoms with Crippen molar-refractivity contribution >= 4 is 0 Å². The standard InChI is InChI=1S/C20H28N4O2/c1-16(11-17-3-4-18-19(12-17)26-15-25-18)13-23-7-9-24(10-8-23)14-20-21-5-6-22(20)2/h3-6,12,16H,7-11,13-15H2,1-2H3. The van der Waals surface area contributed by atoms with Gasteiger partial charge in [0.1, 0.15) is 5.82 Å². The van der Waals surface area contributed by atoms with Crippen molar-refractivity contribution < 1.29 is 9.47 Å². The van der Waals surface area contributed by atoms with Crippen molar-refractivity contribution in [1.29, 1.82) is 0 Å². The van der Waals surface area contributed by atoms with E-state index in [2.05, 4.69) is 45.5 Å². The molecule has 140 valence electrons. The maximum atomic E-state index is 5.49. The van der Waals surface area contributed by atoms with Crippen LogP contribution < -0.4 is 9.47 Å². The first kappa shape index (κ1) is 17.4. The van der Waals surface area contributed by atoms with Crippen LogP contribution in [0.5, 0.6) is 11.5 Å². The summed E-state index contributed by atoms with van der Waals surface area (Å²) in [4.78, 5) is 9.53. The number of imidazole rings is 1. The third kappa shape index (κ3) is 4.02. The van der Waals surface area contributed by atoms with Crippen LogP contribution in [-0.4, -0.2) is 58.9 Å². The Morgan fingerprint density at radius 3 is 2.62 bits per heavy atom. The normalized spacial score (nSPS) is 19.0. The van der Waals surface area contributed by atoms with E-state index in [9.17, 15) is 0 Å². The van der Waals surface area contributed by atoms with E-state index >= 15 is 0 Å². The number of hydrogen-bond donors (Lipinski definition) is 0. The lowest BCUT2D eigenvalue weighted by atomic mass is 10.00. The van der Waals surface area contributed by atoms with Gasteiger partial charge in [0, 0.05) is 52.2 Å². The van der Waals surface area contributed by atoms with Crippen LogP contribution in [0.15, 0.2) is 30.6 Å². The minimum atomic E-state index is 0.344. The van der Waals surface area contributed by atoms with Gasteiger partial charge in [0.2, 0.25) is 6.79 Å². The molecule has 0 N–H and O–H groups in total. The van der Waals surface area contributed by atoms with Gasteiger partial charge in [-0.05, 0) is 30.0 Å². The molecular formula is C20H28N4O2. The Balaban J connectivity index is 1.23. The summed E-state index contributed by atoms with van der Waals surface area (Å²) in [5.74, 6) is 3.52. The number of piperazine rings is 1. The van der Waals surface area contributed by atoms with Crippen LogP contribution in [0.25, 0.3) is 0 Å². The molecule has 2 aliphatic heterocycles. The second-order valence-corrected chi connectivity index (χ2v) is 7.53. The van der Waals surface area contributed by atoms with Crippen LogP contribution in [0.1, 0.15) is 18.3 Å². The van der Waals surface area contributed by atoms with Gasteiger partial charge in [0.25, 0.3) is 0 Å². The lowest BCUT2D eigenvalue weighted by Gasteiger charge is -2.35. The minimum absolute atomic E-state index is 0.344. The SMILES string of the molecule is CC(Cc1ccc2c(c1)OCO2)CN1CCN(Cc2nccn2C)CC1. The first-order chi connectivity index (χ1) is 12.7. The first-order valence-corrected chi connectivity index (χ1v) is 9.47. The topological polar surface area (TPSA) is 42.8 Å². The van der Waals surface area contributed by atoms with Gasteiger partial charge >= 0.3 is 0 Å². The van der Waals surface area contributed by atoms with Crippen molar-refractivity contribution in [3.8, 4) is 11.5 Å². The zero-order valence-electron chi connectivity index (χ0n) is 15.7. The number of hydrogen-bond acceptors (Lipinski definition) is 5. The molecule has 4 rings (SSSR count). The van der Waals surface area contributed by atoms with E-state index in [1.807, 2.05) is 18.5 Å². The highest BCUT2D eigenvalue weighted by Gasteiger charge is 2.20. The van der Waals surface area contributed by atoms with Crippen molar-refractivity contribution in [2.75, 3.05) is 39.5 Å². The average Bonchev–Trinajstić information content (AvgIpc) is 3.25. The largest absolute Gasteiger partial charge is 0.454 e. The van der Waals surface area contributed by atoms with Crippen LogP contribution in [-0.2, 0) is 20.0 Å². The van der Waals surface area contributed by atoms with Gasteiger partial charge in [-0.3, -0.25) is 4.90 Å². The second kappa shape index (κ2) is 7.68. The van der Waals surface area contributed by atoms with E-state index < -0.39 is 0 Å². The molecule has 1 aromatic carbocycles. The Morgan fingerprint density at radius 2 is 1.85 bits per heavy atom. The Bertz CT molecular complexity index is 737. The summed E-state index contributed by atoms with van der Waals surface area (Å²) in [7, 11) is 2.07. The van der Waals surface area contributed by atoms with Crippen molar-refractivity contribution in [3.05, 3.63) is 42.0 Å². The monoisotopic (exact) mass is 356 g/mol. The fourth-order valence-corrected chi connectivity index (χ4v) is 3.85. The van der Waals surface area contributed by atoms with Gasteiger partial charge in [-0.15, -0.1) is 0 Å². The highest BCUT2D eigenvalue weighted by molar-refractivity contribution is 5.44. The second-order valence-electron chi connectivity index (χ2n) is 7.53. The Morgan fingerprint density at radius 1 is 1.08 bits per heavy atom. The zero-order chi connectivity index (χ0) is 17.9. The number of benzene rings is 1. The van der Waals surface area contributed by atoms with Crippen molar-refractivity contribution in [2.45, 2.75) is 19.9 Å². The van der Waals surface area contributed by atoms with Crippen LogP contribution in [0.2, 0.25) is 0 Å². The molecule has 1 unspecified atom stereocenters. The van der Waals surface area contributed by atoms with Gasteiger partial charge in [-0.25, -0.2) is 4.98 Å². The molecular weight excluding hydrogens is 328 g/mol.